The molecule has 0 radical (unpaired) electrons. The molecule has 1 amide bonds. The fourth-order valence-electron chi connectivity index (χ4n) is 2.10. The maximum atomic E-state index is 12.2. The van der Waals surface area contributed by atoms with Crippen LogP contribution in [-0.4, -0.2) is 24.0 Å². The van der Waals surface area contributed by atoms with Crippen LogP contribution in [-0.2, 0) is 4.79 Å². The zero-order chi connectivity index (χ0) is 12.3. The van der Waals surface area contributed by atoms with E-state index >= 15 is 0 Å². The van der Waals surface area contributed by atoms with Crippen molar-refractivity contribution in [2.45, 2.75) is 26.3 Å². The number of amides is 1. The molecule has 1 unspecified atom stereocenters. The zero-order valence-electron chi connectivity index (χ0n) is 10.4. The molecule has 2 N–H and O–H groups in total. The minimum atomic E-state index is -0.267. The predicted octanol–water partition coefficient (Wildman–Crippen LogP) is 1.26. The van der Waals surface area contributed by atoms with Crippen LogP contribution >= 0.6 is 0 Å². The second-order valence-corrected chi connectivity index (χ2v) is 4.97. The molecule has 0 aromatic carbocycles. The fourth-order valence-corrected chi connectivity index (χ4v) is 2.10. The SMILES string of the molecule is C[C@H](NC(=O)C1(C)CCNC1)c1cccnc1. The summed E-state index contributed by atoms with van der Waals surface area (Å²) in [7, 11) is 0. The topological polar surface area (TPSA) is 54.0 Å². The minimum Gasteiger partial charge on any atom is -0.349 e. The summed E-state index contributed by atoms with van der Waals surface area (Å²) in [6.45, 7) is 5.68. The van der Waals surface area contributed by atoms with Crippen molar-refractivity contribution in [1.82, 2.24) is 15.6 Å². The van der Waals surface area contributed by atoms with E-state index in [1.807, 2.05) is 26.0 Å². The average Bonchev–Trinajstić information content (AvgIpc) is 2.78. The summed E-state index contributed by atoms with van der Waals surface area (Å²) in [5.41, 5.74) is 0.770. The average molecular weight is 233 g/mol. The van der Waals surface area contributed by atoms with Gasteiger partial charge < -0.3 is 10.6 Å². The highest BCUT2D eigenvalue weighted by Gasteiger charge is 2.36. The molecule has 92 valence electrons. The molecule has 1 saturated heterocycles. The van der Waals surface area contributed by atoms with E-state index in [1.54, 1.807) is 12.4 Å². The highest BCUT2D eigenvalue weighted by atomic mass is 16.2. The molecule has 17 heavy (non-hydrogen) atoms. The number of aromatic nitrogens is 1. The lowest BCUT2D eigenvalue weighted by molar-refractivity contribution is -0.129. The van der Waals surface area contributed by atoms with Gasteiger partial charge in [-0.25, -0.2) is 0 Å². The fraction of sp³-hybridized carbons (Fsp3) is 0.538. The van der Waals surface area contributed by atoms with Gasteiger partial charge in [-0.15, -0.1) is 0 Å². The van der Waals surface area contributed by atoms with E-state index in [9.17, 15) is 4.79 Å². The molecular weight excluding hydrogens is 214 g/mol. The van der Waals surface area contributed by atoms with Gasteiger partial charge in [0.2, 0.25) is 5.91 Å². The van der Waals surface area contributed by atoms with Crippen molar-refractivity contribution in [2.24, 2.45) is 5.41 Å². The summed E-state index contributed by atoms with van der Waals surface area (Å²) in [6, 6.07) is 3.87. The Balaban J connectivity index is 1.99. The summed E-state index contributed by atoms with van der Waals surface area (Å²) in [6.07, 6.45) is 4.43. The standard InChI is InChI=1S/C13H19N3O/c1-10(11-4-3-6-14-8-11)16-12(17)13(2)5-7-15-9-13/h3-4,6,8,10,15H,5,7,9H2,1-2H3,(H,16,17)/t10-,13?/m0/s1. The Morgan fingerprint density at radius 3 is 3.06 bits per heavy atom. The van der Waals surface area contributed by atoms with Crippen LogP contribution in [0.2, 0.25) is 0 Å². The molecule has 1 fully saturated rings. The summed E-state index contributed by atoms with van der Waals surface area (Å²) in [4.78, 5) is 16.2. The number of carbonyl (C=O) groups excluding carboxylic acids is 1. The Morgan fingerprint density at radius 2 is 2.47 bits per heavy atom. The third-order valence-corrected chi connectivity index (χ3v) is 3.45. The summed E-state index contributed by atoms with van der Waals surface area (Å²) >= 11 is 0. The smallest absolute Gasteiger partial charge is 0.227 e. The summed E-state index contributed by atoms with van der Waals surface area (Å²) in [5, 5.41) is 6.29. The summed E-state index contributed by atoms with van der Waals surface area (Å²) in [5.74, 6) is 0.124. The van der Waals surface area contributed by atoms with E-state index in [-0.39, 0.29) is 17.4 Å². The molecule has 2 rings (SSSR count). The van der Waals surface area contributed by atoms with E-state index in [1.165, 1.54) is 0 Å². The quantitative estimate of drug-likeness (QED) is 0.826. The van der Waals surface area contributed by atoms with E-state index in [0.29, 0.717) is 0 Å². The van der Waals surface area contributed by atoms with Gasteiger partial charge in [-0.2, -0.15) is 0 Å². The molecular formula is C13H19N3O. The molecule has 0 bridgehead atoms. The minimum absolute atomic E-state index is 0.00799. The van der Waals surface area contributed by atoms with Crippen LogP contribution in [0.5, 0.6) is 0 Å². The molecule has 4 nitrogen and oxygen atoms in total. The predicted molar refractivity (Wildman–Crippen MR) is 66.4 cm³/mol. The monoisotopic (exact) mass is 233 g/mol. The van der Waals surface area contributed by atoms with Crippen molar-refractivity contribution in [3.8, 4) is 0 Å². The molecule has 1 aliphatic rings. The van der Waals surface area contributed by atoms with Crippen molar-refractivity contribution in [1.29, 1.82) is 0 Å². The van der Waals surface area contributed by atoms with Crippen molar-refractivity contribution in [3.63, 3.8) is 0 Å². The first-order valence-corrected chi connectivity index (χ1v) is 6.03. The van der Waals surface area contributed by atoms with Gasteiger partial charge in [-0.05, 0) is 38.4 Å². The maximum Gasteiger partial charge on any atom is 0.227 e. The second-order valence-electron chi connectivity index (χ2n) is 4.97. The maximum absolute atomic E-state index is 12.2. The van der Waals surface area contributed by atoms with Crippen molar-refractivity contribution in [2.75, 3.05) is 13.1 Å². The molecule has 4 heteroatoms. The van der Waals surface area contributed by atoms with Crippen LogP contribution in [0.3, 0.4) is 0 Å². The van der Waals surface area contributed by atoms with E-state index in [4.69, 9.17) is 0 Å². The molecule has 1 aromatic heterocycles. The van der Waals surface area contributed by atoms with Gasteiger partial charge in [-0.3, -0.25) is 9.78 Å². The lowest BCUT2D eigenvalue weighted by atomic mass is 9.88. The van der Waals surface area contributed by atoms with Crippen LogP contribution in [0.1, 0.15) is 31.9 Å². The van der Waals surface area contributed by atoms with Crippen LogP contribution < -0.4 is 10.6 Å². The van der Waals surface area contributed by atoms with Crippen molar-refractivity contribution < 1.29 is 4.79 Å². The Bertz CT molecular complexity index is 385. The number of nitrogens with zero attached hydrogens (tertiary/aromatic N) is 1. The first kappa shape index (κ1) is 12.0. The lowest BCUT2D eigenvalue weighted by Gasteiger charge is -2.24. The first-order chi connectivity index (χ1) is 8.12. The molecule has 1 aliphatic heterocycles. The number of nitrogens with one attached hydrogen (secondary N) is 2. The third-order valence-electron chi connectivity index (χ3n) is 3.45. The lowest BCUT2D eigenvalue weighted by Crippen LogP contribution is -2.41. The van der Waals surface area contributed by atoms with Crippen LogP contribution in [0.25, 0.3) is 0 Å². The molecule has 0 saturated carbocycles. The Morgan fingerprint density at radius 1 is 1.65 bits per heavy atom. The molecule has 2 atom stereocenters. The van der Waals surface area contributed by atoms with Gasteiger partial charge in [0.25, 0.3) is 0 Å². The van der Waals surface area contributed by atoms with Crippen LogP contribution in [0, 0.1) is 5.41 Å². The normalized spacial score (nSPS) is 25.5. The van der Waals surface area contributed by atoms with Crippen LogP contribution in [0.4, 0.5) is 0 Å². The van der Waals surface area contributed by atoms with Gasteiger partial charge in [0, 0.05) is 18.9 Å². The van der Waals surface area contributed by atoms with Gasteiger partial charge in [0.1, 0.15) is 0 Å². The highest BCUT2D eigenvalue weighted by molar-refractivity contribution is 5.83. The Kier molecular flexibility index (Phi) is 3.43. The highest BCUT2D eigenvalue weighted by Crippen LogP contribution is 2.25. The molecule has 0 aliphatic carbocycles. The first-order valence-electron chi connectivity index (χ1n) is 6.03. The molecule has 2 heterocycles. The van der Waals surface area contributed by atoms with E-state index in [2.05, 4.69) is 15.6 Å². The van der Waals surface area contributed by atoms with E-state index < -0.39 is 0 Å². The number of rotatable bonds is 3. The van der Waals surface area contributed by atoms with Crippen LogP contribution in [0.15, 0.2) is 24.5 Å². The summed E-state index contributed by atoms with van der Waals surface area (Å²) < 4.78 is 0. The molecule has 0 spiro atoms. The van der Waals surface area contributed by atoms with Gasteiger partial charge >= 0.3 is 0 Å². The zero-order valence-corrected chi connectivity index (χ0v) is 10.4. The number of hydrogen-bond donors (Lipinski definition) is 2. The third kappa shape index (κ3) is 2.64. The number of hydrogen-bond acceptors (Lipinski definition) is 3. The second kappa shape index (κ2) is 4.84. The van der Waals surface area contributed by atoms with Gasteiger partial charge in [-0.1, -0.05) is 6.07 Å². The number of pyridine rings is 1. The van der Waals surface area contributed by atoms with Gasteiger partial charge in [0.05, 0.1) is 11.5 Å². The Labute approximate surface area is 102 Å². The van der Waals surface area contributed by atoms with E-state index in [0.717, 1.165) is 25.1 Å². The van der Waals surface area contributed by atoms with Crippen molar-refractivity contribution >= 4 is 5.91 Å². The number of carbonyl (C=O) groups is 1. The largest absolute Gasteiger partial charge is 0.349 e. The Hall–Kier alpha value is -1.42. The van der Waals surface area contributed by atoms with Gasteiger partial charge in [0.15, 0.2) is 0 Å². The molecule has 1 aromatic rings. The van der Waals surface area contributed by atoms with Crippen molar-refractivity contribution in [3.05, 3.63) is 30.1 Å².